The van der Waals surface area contributed by atoms with E-state index in [2.05, 4.69) is 0 Å². The first-order valence-electron chi connectivity index (χ1n) is 6.48. The Labute approximate surface area is 106 Å². The van der Waals surface area contributed by atoms with Crippen molar-refractivity contribution >= 4 is 11.9 Å². The Balaban J connectivity index is 2.16. The molecule has 4 nitrogen and oxygen atoms in total. The largest absolute Gasteiger partial charge is 0.444 e. The summed E-state index contributed by atoms with van der Waals surface area (Å²) >= 11 is 0. The number of Topliss-reactive ketones (excluding diaryl/α,β-unsaturated/α-hetero) is 1. The summed E-state index contributed by atoms with van der Waals surface area (Å²) in [5.74, 6) is -0.371. The van der Waals surface area contributed by atoms with Gasteiger partial charge in [0, 0.05) is 12.5 Å². The molecule has 2 aliphatic rings. The molecule has 0 aromatic heterocycles. The van der Waals surface area contributed by atoms with Gasteiger partial charge in [0.15, 0.2) is 12.0 Å². The quantitative estimate of drug-likeness (QED) is 0.669. The molecule has 2 fully saturated rings. The highest BCUT2D eigenvalue weighted by molar-refractivity contribution is 5.87. The molecule has 0 spiro atoms. The predicted octanol–water partition coefficient (Wildman–Crippen LogP) is 2.46. The third-order valence-electron chi connectivity index (χ3n) is 3.47. The monoisotopic (exact) mass is 257 g/mol. The van der Waals surface area contributed by atoms with Crippen molar-refractivity contribution in [1.82, 2.24) is 4.90 Å². The SMILES string of the molecule is CC(C)(C)OC(=O)N1[C@@H]2CCC[C@H]1[C@H](F)C(=O)C2. The third-order valence-corrected chi connectivity index (χ3v) is 3.47. The van der Waals surface area contributed by atoms with E-state index in [1.807, 2.05) is 0 Å². The Hall–Kier alpha value is -1.13. The van der Waals surface area contributed by atoms with E-state index < -0.39 is 23.9 Å². The van der Waals surface area contributed by atoms with Gasteiger partial charge in [-0.15, -0.1) is 0 Å². The van der Waals surface area contributed by atoms with Crippen molar-refractivity contribution in [2.75, 3.05) is 0 Å². The van der Waals surface area contributed by atoms with Crippen LogP contribution in [0.2, 0.25) is 0 Å². The molecule has 2 bridgehead atoms. The second-order valence-electron chi connectivity index (χ2n) is 6.11. The number of carbonyl (C=O) groups excluding carboxylic acids is 2. The molecule has 2 rings (SSSR count). The zero-order valence-corrected chi connectivity index (χ0v) is 11.1. The maximum atomic E-state index is 13.9. The van der Waals surface area contributed by atoms with Crippen molar-refractivity contribution in [2.45, 2.75) is 70.3 Å². The lowest BCUT2D eigenvalue weighted by Gasteiger charge is -2.46. The lowest BCUT2D eigenvalue weighted by Crippen LogP contribution is -2.61. The van der Waals surface area contributed by atoms with E-state index in [9.17, 15) is 14.0 Å². The second-order valence-corrected chi connectivity index (χ2v) is 6.11. The predicted molar refractivity (Wildman–Crippen MR) is 64.0 cm³/mol. The number of ketones is 1. The van der Waals surface area contributed by atoms with E-state index in [0.717, 1.165) is 12.8 Å². The molecule has 0 unspecified atom stereocenters. The summed E-state index contributed by atoms with van der Waals surface area (Å²) in [5.41, 5.74) is -0.599. The van der Waals surface area contributed by atoms with Crippen LogP contribution in [0.15, 0.2) is 0 Å². The highest BCUT2D eigenvalue weighted by Crippen LogP contribution is 2.34. The Morgan fingerprint density at radius 3 is 2.67 bits per heavy atom. The van der Waals surface area contributed by atoms with Gasteiger partial charge in [-0.05, 0) is 40.0 Å². The van der Waals surface area contributed by atoms with Crippen molar-refractivity contribution < 1.29 is 18.7 Å². The van der Waals surface area contributed by atoms with E-state index in [4.69, 9.17) is 4.74 Å². The lowest BCUT2D eigenvalue weighted by atomic mass is 9.83. The highest BCUT2D eigenvalue weighted by atomic mass is 19.1. The van der Waals surface area contributed by atoms with Gasteiger partial charge < -0.3 is 4.74 Å². The number of hydrogen-bond acceptors (Lipinski definition) is 3. The van der Waals surface area contributed by atoms with Crippen LogP contribution in [0.3, 0.4) is 0 Å². The smallest absolute Gasteiger partial charge is 0.410 e. The van der Waals surface area contributed by atoms with Gasteiger partial charge in [-0.3, -0.25) is 9.69 Å². The maximum absolute atomic E-state index is 13.9. The Morgan fingerprint density at radius 2 is 2.06 bits per heavy atom. The number of halogens is 1. The van der Waals surface area contributed by atoms with Crippen molar-refractivity contribution in [1.29, 1.82) is 0 Å². The molecule has 0 saturated carbocycles. The van der Waals surface area contributed by atoms with Gasteiger partial charge >= 0.3 is 6.09 Å². The van der Waals surface area contributed by atoms with Crippen LogP contribution in [-0.4, -0.2) is 40.6 Å². The second kappa shape index (κ2) is 4.52. The molecular formula is C13H20FNO3. The van der Waals surface area contributed by atoms with Crippen molar-refractivity contribution in [3.8, 4) is 0 Å². The Morgan fingerprint density at radius 1 is 1.39 bits per heavy atom. The number of nitrogens with zero attached hydrogens (tertiary/aromatic N) is 1. The number of hydrogen-bond donors (Lipinski definition) is 0. The van der Waals surface area contributed by atoms with E-state index in [1.165, 1.54) is 4.90 Å². The average Bonchev–Trinajstić information content (AvgIpc) is 2.23. The van der Waals surface area contributed by atoms with Crippen molar-refractivity contribution in [3.05, 3.63) is 0 Å². The van der Waals surface area contributed by atoms with E-state index in [0.29, 0.717) is 6.42 Å². The van der Waals surface area contributed by atoms with Crippen LogP contribution in [-0.2, 0) is 9.53 Å². The van der Waals surface area contributed by atoms with Gasteiger partial charge in [0.05, 0.1) is 6.04 Å². The molecule has 0 aromatic rings. The molecule has 1 amide bonds. The van der Waals surface area contributed by atoms with Gasteiger partial charge in [0.1, 0.15) is 5.60 Å². The first kappa shape index (κ1) is 13.3. The average molecular weight is 257 g/mol. The number of fused-ring (bicyclic) bond motifs is 2. The first-order valence-corrected chi connectivity index (χ1v) is 6.48. The molecule has 0 radical (unpaired) electrons. The summed E-state index contributed by atoms with van der Waals surface area (Å²) in [6.07, 6.45) is 0.247. The molecule has 5 heteroatoms. The minimum atomic E-state index is -1.55. The van der Waals surface area contributed by atoms with Gasteiger partial charge in [-0.25, -0.2) is 9.18 Å². The van der Waals surface area contributed by atoms with Crippen LogP contribution in [0.25, 0.3) is 0 Å². The number of piperidine rings is 2. The van der Waals surface area contributed by atoms with Gasteiger partial charge in [0.2, 0.25) is 0 Å². The minimum Gasteiger partial charge on any atom is -0.444 e. The van der Waals surface area contributed by atoms with E-state index in [-0.39, 0.29) is 18.2 Å². The maximum Gasteiger partial charge on any atom is 0.410 e. The fraction of sp³-hybridized carbons (Fsp3) is 0.846. The van der Waals surface area contributed by atoms with E-state index in [1.54, 1.807) is 20.8 Å². The van der Waals surface area contributed by atoms with Crippen LogP contribution in [0, 0.1) is 0 Å². The number of rotatable bonds is 0. The van der Waals surface area contributed by atoms with Crippen molar-refractivity contribution in [3.63, 3.8) is 0 Å². The fourth-order valence-corrected chi connectivity index (χ4v) is 2.76. The van der Waals surface area contributed by atoms with Gasteiger partial charge in [-0.1, -0.05) is 0 Å². The van der Waals surface area contributed by atoms with Crippen LogP contribution < -0.4 is 0 Å². The lowest BCUT2D eigenvalue weighted by molar-refractivity contribution is -0.135. The zero-order valence-electron chi connectivity index (χ0n) is 11.1. The zero-order chi connectivity index (χ0) is 13.5. The fourth-order valence-electron chi connectivity index (χ4n) is 2.76. The molecular weight excluding hydrogens is 237 g/mol. The number of amides is 1. The Bertz CT molecular complexity index is 364. The number of ether oxygens (including phenoxy) is 1. The molecule has 2 saturated heterocycles. The molecule has 0 aromatic carbocycles. The van der Waals surface area contributed by atoms with Crippen LogP contribution in [0.5, 0.6) is 0 Å². The van der Waals surface area contributed by atoms with Gasteiger partial charge in [-0.2, -0.15) is 0 Å². The molecule has 2 heterocycles. The number of carbonyl (C=O) groups is 2. The summed E-state index contributed by atoms with van der Waals surface area (Å²) in [7, 11) is 0. The molecule has 2 aliphatic heterocycles. The topological polar surface area (TPSA) is 46.6 Å². The normalized spacial score (nSPS) is 32.3. The highest BCUT2D eigenvalue weighted by Gasteiger charge is 2.48. The minimum absolute atomic E-state index is 0.122. The number of alkyl halides is 1. The third kappa shape index (κ3) is 2.49. The summed E-state index contributed by atoms with van der Waals surface area (Å²) in [6.45, 7) is 5.34. The molecule has 102 valence electrons. The summed E-state index contributed by atoms with van der Waals surface area (Å²) in [4.78, 5) is 25.1. The molecule has 0 N–H and O–H groups in total. The molecule has 3 atom stereocenters. The molecule has 18 heavy (non-hydrogen) atoms. The summed E-state index contributed by atoms with van der Waals surface area (Å²) < 4.78 is 19.2. The molecule has 0 aliphatic carbocycles. The van der Waals surface area contributed by atoms with Crippen LogP contribution in [0.4, 0.5) is 9.18 Å². The van der Waals surface area contributed by atoms with Crippen molar-refractivity contribution in [2.24, 2.45) is 0 Å². The van der Waals surface area contributed by atoms with Gasteiger partial charge in [0.25, 0.3) is 0 Å². The summed E-state index contributed by atoms with van der Waals surface area (Å²) in [6, 6.07) is -0.807. The first-order chi connectivity index (χ1) is 8.29. The summed E-state index contributed by atoms with van der Waals surface area (Å²) in [5, 5.41) is 0. The van der Waals surface area contributed by atoms with E-state index >= 15 is 0 Å². The van der Waals surface area contributed by atoms with Crippen LogP contribution >= 0.6 is 0 Å². The standard InChI is InChI=1S/C13H20FNO3/c1-13(2,3)18-12(17)15-8-5-4-6-9(15)11(14)10(16)7-8/h8-9,11H,4-7H2,1-3H3/t8-,9+,11+/m1/s1. The Kier molecular flexibility index (Phi) is 3.34. The van der Waals surface area contributed by atoms with Crippen LogP contribution in [0.1, 0.15) is 46.5 Å².